The number of ether oxygens (including phenoxy) is 2. The molecule has 5 heteroatoms. The lowest BCUT2D eigenvalue weighted by Gasteiger charge is -2.33. The van der Waals surface area contributed by atoms with Gasteiger partial charge in [-0.3, -0.25) is 0 Å². The van der Waals surface area contributed by atoms with Crippen LogP contribution < -0.4 is 9.47 Å². The Hall–Kier alpha value is -2.53. The predicted molar refractivity (Wildman–Crippen MR) is 99.7 cm³/mol. The molecule has 1 atom stereocenters. The van der Waals surface area contributed by atoms with Crippen molar-refractivity contribution < 1.29 is 19.3 Å². The minimum absolute atomic E-state index is 0.561. The first-order valence-electron chi connectivity index (χ1n) is 9.08. The molecule has 4 rings (SSSR count). The first kappa shape index (κ1) is 16.9. The minimum atomic E-state index is -1.03. The van der Waals surface area contributed by atoms with E-state index in [4.69, 9.17) is 9.47 Å². The molecule has 0 saturated carbocycles. The van der Waals surface area contributed by atoms with Crippen LogP contribution in [-0.4, -0.2) is 47.8 Å². The van der Waals surface area contributed by atoms with Crippen molar-refractivity contribution in [3.8, 4) is 11.5 Å². The van der Waals surface area contributed by atoms with Gasteiger partial charge in [0, 0.05) is 17.5 Å². The van der Waals surface area contributed by atoms with Crippen LogP contribution in [0.5, 0.6) is 11.5 Å². The van der Waals surface area contributed by atoms with E-state index in [1.807, 2.05) is 36.4 Å². The number of hydrazine groups is 1. The van der Waals surface area contributed by atoms with E-state index < -0.39 is 5.72 Å². The summed E-state index contributed by atoms with van der Waals surface area (Å²) in [7, 11) is 3.33. The fraction of sp³-hybridized carbons (Fsp3) is 0.381. The van der Waals surface area contributed by atoms with Gasteiger partial charge in [0.05, 0.1) is 27.2 Å². The Bertz CT molecular complexity index is 814. The van der Waals surface area contributed by atoms with Crippen molar-refractivity contribution in [1.29, 1.82) is 0 Å². The molecule has 0 radical (unpaired) electrons. The third-order valence-electron chi connectivity index (χ3n) is 5.41. The Morgan fingerprint density at radius 3 is 2.15 bits per heavy atom. The van der Waals surface area contributed by atoms with E-state index in [2.05, 4.69) is 21.8 Å². The molecule has 136 valence electrons. The first-order valence-corrected chi connectivity index (χ1v) is 9.08. The number of methoxy groups -OCH3 is 2. The number of aliphatic hydroxyl groups is 1. The minimum Gasteiger partial charge on any atom is -0.497 e. The van der Waals surface area contributed by atoms with Gasteiger partial charge in [-0.15, -0.1) is 9.69 Å². The van der Waals surface area contributed by atoms with Crippen LogP contribution in [-0.2, 0) is 5.72 Å². The lowest BCUT2D eigenvalue weighted by Crippen LogP contribution is -2.49. The molecule has 2 aliphatic rings. The fourth-order valence-electron chi connectivity index (χ4n) is 3.99. The second-order valence-corrected chi connectivity index (χ2v) is 6.85. The van der Waals surface area contributed by atoms with Crippen LogP contribution in [0.2, 0.25) is 0 Å². The maximum Gasteiger partial charge on any atom is 0.225 e. The highest BCUT2D eigenvalue weighted by molar-refractivity contribution is 5.98. The third kappa shape index (κ3) is 2.72. The van der Waals surface area contributed by atoms with E-state index in [1.165, 1.54) is 0 Å². The van der Waals surface area contributed by atoms with Crippen LogP contribution >= 0.6 is 0 Å². The number of hydrogen-bond acceptors (Lipinski definition) is 4. The van der Waals surface area contributed by atoms with E-state index in [1.54, 1.807) is 14.2 Å². The Balaban J connectivity index is 1.72. The number of rotatable bonds is 4. The molecule has 5 nitrogen and oxygen atoms in total. The lowest BCUT2D eigenvalue weighted by molar-refractivity contribution is -0.717. The average Bonchev–Trinajstić information content (AvgIpc) is 3.02. The summed E-state index contributed by atoms with van der Waals surface area (Å²) in [5, 5.41) is 13.8. The van der Waals surface area contributed by atoms with Crippen molar-refractivity contribution in [3.05, 3.63) is 59.7 Å². The summed E-state index contributed by atoms with van der Waals surface area (Å²) in [6.07, 6.45) is 2.78. The van der Waals surface area contributed by atoms with Gasteiger partial charge in [-0.1, -0.05) is 12.1 Å². The molecule has 0 amide bonds. The van der Waals surface area contributed by atoms with Gasteiger partial charge < -0.3 is 14.6 Å². The van der Waals surface area contributed by atoms with Gasteiger partial charge in [0.1, 0.15) is 11.5 Å². The van der Waals surface area contributed by atoms with Crippen molar-refractivity contribution in [2.75, 3.05) is 27.3 Å². The second kappa shape index (κ2) is 6.65. The topological polar surface area (TPSA) is 44.9 Å². The van der Waals surface area contributed by atoms with Crippen LogP contribution in [0, 0.1) is 0 Å². The van der Waals surface area contributed by atoms with Gasteiger partial charge in [0.15, 0.2) is 6.54 Å². The van der Waals surface area contributed by atoms with Crippen LogP contribution in [0.1, 0.15) is 30.4 Å². The van der Waals surface area contributed by atoms with Crippen LogP contribution in [0.25, 0.3) is 0 Å². The Labute approximate surface area is 154 Å². The second-order valence-electron chi connectivity index (χ2n) is 6.85. The van der Waals surface area contributed by atoms with E-state index in [0.717, 1.165) is 54.3 Å². The van der Waals surface area contributed by atoms with Crippen molar-refractivity contribution in [1.82, 2.24) is 5.01 Å². The monoisotopic (exact) mass is 353 g/mol. The largest absolute Gasteiger partial charge is 0.497 e. The first-order chi connectivity index (χ1) is 12.7. The summed E-state index contributed by atoms with van der Waals surface area (Å²) in [5.74, 6) is 1.64. The molecule has 2 aromatic carbocycles. The smallest absolute Gasteiger partial charge is 0.225 e. The Morgan fingerprint density at radius 1 is 0.923 bits per heavy atom. The molecule has 2 heterocycles. The summed E-state index contributed by atoms with van der Waals surface area (Å²) < 4.78 is 12.8. The molecule has 0 aromatic heterocycles. The number of nitrogens with zero attached hydrogens (tertiary/aromatic N) is 2. The van der Waals surface area contributed by atoms with Gasteiger partial charge in [-0.25, -0.2) is 0 Å². The van der Waals surface area contributed by atoms with Gasteiger partial charge in [0.2, 0.25) is 11.4 Å². The molecule has 0 bridgehead atoms. The third-order valence-corrected chi connectivity index (χ3v) is 5.41. The molecule has 1 fully saturated rings. The average molecular weight is 353 g/mol. The van der Waals surface area contributed by atoms with Crippen LogP contribution in [0.15, 0.2) is 48.5 Å². The highest BCUT2D eigenvalue weighted by Crippen LogP contribution is 2.38. The standard InChI is InChI=1S/C21H25N2O3/c1-25-18-9-5-16(6-10-18)20-15-21(24,23-14-4-3-13-22(20)23)17-7-11-19(26-2)12-8-17/h5-12,24H,3-4,13-15H2,1-2H3/q+1. The summed E-state index contributed by atoms with van der Waals surface area (Å²) >= 11 is 0. The Kier molecular flexibility index (Phi) is 4.32. The quantitative estimate of drug-likeness (QED) is 0.859. The summed E-state index contributed by atoms with van der Waals surface area (Å²) in [6, 6.07) is 15.8. The molecule has 2 aromatic rings. The highest BCUT2D eigenvalue weighted by Gasteiger charge is 2.53. The normalized spacial score (nSPS) is 22.3. The van der Waals surface area contributed by atoms with Crippen molar-refractivity contribution in [3.63, 3.8) is 0 Å². The van der Waals surface area contributed by atoms with Gasteiger partial charge >= 0.3 is 0 Å². The van der Waals surface area contributed by atoms with Crippen LogP contribution in [0.3, 0.4) is 0 Å². The molecule has 1 N–H and O–H groups in total. The molecule has 2 aliphatic heterocycles. The molecular formula is C21H25N2O3+. The molecule has 0 aliphatic carbocycles. The fourth-order valence-corrected chi connectivity index (χ4v) is 3.99. The summed E-state index contributed by atoms with van der Waals surface area (Å²) in [6.45, 7) is 1.78. The highest BCUT2D eigenvalue weighted by atomic mass is 16.5. The van der Waals surface area contributed by atoms with E-state index in [9.17, 15) is 5.11 Å². The zero-order valence-electron chi connectivity index (χ0n) is 15.3. The summed E-state index contributed by atoms with van der Waals surface area (Å²) in [4.78, 5) is 0. The van der Waals surface area contributed by atoms with E-state index in [-0.39, 0.29) is 0 Å². The number of fused-ring (bicyclic) bond motifs is 1. The maximum atomic E-state index is 11.7. The lowest BCUT2D eigenvalue weighted by atomic mass is 9.94. The number of hydrogen-bond donors (Lipinski definition) is 1. The number of benzene rings is 2. The van der Waals surface area contributed by atoms with E-state index >= 15 is 0 Å². The van der Waals surface area contributed by atoms with Gasteiger partial charge in [0.25, 0.3) is 0 Å². The van der Waals surface area contributed by atoms with Crippen molar-refractivity contribution >= 4 is 5.71 Å². The summed E-state index contributed by atoms with van der Waals surface area (Å²) in [5.41, 5.74) is 2.16. The zero-order chi connectivity index (χ0) is 18.1. The zero-order valence-corrected chi connectivity index (χ0v) is 15.3. The Morgan fingerprint density at radius 2 is 1.54 bits per heavy atom. The molecular weight excluding hydrogens is 328 g/mol. The van der Waals surface area contributed by atoms with Gasteiger partial charge in [-0.05, 0) is 42.8 Å². The predicted octanol–water partition coefficient (Wildman–Crippen LogP) is 2.77. The molecule has 26 heavy (non-hydrogen) atoms. The molecule has 1 unspecified atom stereocenters. The van der Waals surface area contributed by atoms with Crippen molar-refractivity contribution in [2.45, 2.75) is 25.0 Å². The maximum absolute atomic E-state index is 11.7. The van der Waals surface area contributed by atoms with Crippen molar-refractivity contribution in [2.24, 2.45) is 0 Å². The SMILES string of the molecule is COc1ccc(C2=[N+]3CCCCN3C(O)(c3ccc(OC)cc3)C2)cc1. The molecule has 1 saturated heterocycles. The van der Waals surface area contributed by atoms with Crippen LogP contribution in [0.4, 0.5) is 0 Å². The molecule has 0 spiro atoms. The van der Waals surface area contributed by atoms with Gasteiger partial charge in [-0.2, -0.15) is 0 Å². The number of hydrazone groups is 1. The van der Waals surface area contributed by atoms with E-state index in [0.29, 0.717) is 6.42 Å².